The molecule has 0 spiro atoms. The van der Waals surface area contributed by atoms with Crippen LogP contribution in [0, 0.1) is 0 Å². The summed E-state index contributed by atoms with van der Waals surface area (Å²) in [6.07, 6.45) is -0.0605. The molecular weight excluding hydrogens is 278 g/mol. The zero-order valence-corrected chi connectivity index (χ0v) is 11.0. The molecule has 0 aromatic heterocycles. The molecule has 110 valence electrons. The smallest absolute Gasteiger partial charge is 0.341 e. The Kier molecular flexibility index (Phi) is 3.34. The van der Waals surface area contributed by atoms with Gasteiger partial charge in [-0.1, -0.05) is 6.07 Å². The molecule has 2 heterocycles. The third-order valence-corrected chi connectivity index (χ3v) is 3.45. The number of carboxylic acids is 1. The number of nitrogens with zero attached hydrogens (tertiary/aromatic N) is 1. The van der Waals surface area contributed by atoms with Gasteiger partial charge in [0.2, 0.25) is 0 Å². The number of ether oxygens (including phenoxy) is 2. The predicted molar refractivity (Wildman–Crippen MR) is 70.0 cm³/mol. The van der Waals surface area contributed by atoms with Gasteiger partial charge in [-0.05, 0) is 25.0 Å². The molecule has 2 aliphatic rings. The van der Waals surface area contributed by atoms with Crippen LogP contribution in [0.15, 0.2) is 24.3 Å². The Morgan fingerprint density at radius 3 is 2.57 bits per heavy atom. The first-order valence-corrected chi connectivity index (χ1v) is 6.54. The molecule has 2 bridgehead atoms. The molecule has 3 rings (SSSR count). The predicted octanol–water partition coefficient (Wildman–Crippen LogP) is 0.571. The van der Waals surface area contributed by atoms with E-state index in [-0.39, 0.29) is 17.6 Å². The Morgan fingerprint density at radius 1 is 1.29 bits per heavy atom. The highest BCUT2D eigenvalue weighted by atomic mass is 16.5. The van der Waals surface area contributed by atoms with E-state index in [4.69, 9.17) is 14.6 Å². The molecule has 1 aromatic carbocycles. The first kappa shape index (κ1) is 13.6. The lowest BCUT2D eigenvalue weighted by Gasteiger charge is -2.30. The quantitative estimate of drug-likeness (QED) is 0.815. The summed E-state index contributed by atoms with van der Waals surface area (Å²) in [6.45, 7) is -0.486. The third-order valence-electron chi connectivity index (χ3n) is 3.45. The lowest BCUT2D eigenvalue weighted by molar-refractivity contribution is -0.147. The summed E-state index contributed by atoms with van der Waals surface area (Å²) in [4.78, 5) is 36.0. The minimum atomic E-state index is -1.10. The lowest BCUT2D eigenvalue weighted by Crippen LogP contribution is -2.52. The Bertz CT molecular complexity index is 591. The van der Waals surface area contributed by atoms with E-state index in [0.717, 1.165) is 4.90 Å². The summed E-state index contributed by atoms with van der Waals surface area (Å²) in [5, 5.41) is 8.59. The summed E-state index contributed by atoms with van der Waals surface area (Å²) in [7, 11) is 0. The molecule has 2 atom stereocenters. The highest BCUT2D eigenvalue weighted by Crippen LogP contribution is 2.32. The summed E-state index contributed by atoms with van der Waals surface area (Å²) in [6, 6.07) is 6.25. The zero-order chi connectivity index (χ0) is 15.0. The van der Waals surface area contributed by atoms with Crippen LogP contribution < -0.4 is 9.64 Å². The summed E-state index contributed by atoms with van der Waals surface area (Å²) in [5.41, 5.74) is 0.369. The van der Waals surface area contributed by atoms with Crippen molar-refractivity contribution in [2.75, 3.05) is 11.5 Å². The first-order valence-electron chi connectivity index (χ1n) is 6.54. The van der Waals surface area contributed by atoms with E-state index in [0.29, 0.717) is 18.5 Å². The monoisotopic (exact) mass is 291 g/mol. The number of carbonyl (C=O) groups is 3. The second-order valence-electron chi connectivity index (χ2n) is 4.88. The molecule has 2 amide bonds. The van der Waals surface area contributed by atoms with Crippen molar-refractivity contribution in [2.45, 2.75) is 25.0 Å². The van der Waals surface area contributed by atoms with Gasteiger partial charge in [0.05, 0.1) is 5.69 Å². The van der Waals surface area contributed by atoms with E-state index in [1.54, 1.807) is 18.2 Å². The molecule has 7 nitrogen and oxygen atoms in total. The lowest BCUT2D eigenvalue weighted by atomic mass is 10.2. The number of carbonyl (C=O) groups excluding carboxylic acids is 2. The van der Waals surface area contributed by atoms with Gasteiger partial charge in [0, 0.05) is 6.07 Å². The van der Waals surface area contributed by atoms with Gasteiger partial charge >= 0.3 is 5.97 Å². The molecule has 1 N–H and O–H groups in total. The standard InChI is InChI=1S/C14H13NO6/c16-12(17)7-20-9-3-1-2-8(6-9)15-13(18)10-4-5-11(21-10)14(15)19/h1-3,6,10-11H,4-5,7H2,(H,16,17). The van der Waals surface area contributed by atoms with Gasteiger partial charge in [-0.2, -0.15) is 0 Å². The van der Waals surface area contributed by atoms with Crippen LogP contribution in [0.1, 0.15) is 12.8 Å². The minimum Gasteiger partial charge on any atom is -0.482 e. The minimum absolute atomic E-state index is 0.286. The van der Waals surface area contributed by atoms with E-state index < -0.39 is 24.8 Å². The molecule has 2 aliphatic heterocycles. The van der Waals surface area contributed by atoms with Crippen molar-refractivity contribution in [3.8, 4) is 5.75 Å². The highest BCUT2D eigenvalue weighted by Gasteiger charge is 2.47. The van der Waals surface area contributed by atoms with Gasteiger partial charge in [-0.25, -0.2) is 9.69 Å². The second-order valence-corrected chi connectivity index (χ2v) is 4.88. The second kappa shape index (κ2) is 5.17. The molecule has 21 heavy (non-hydrogen) atoms. The fourth-order valence-corrected chi connectivity index (χ4v) is 2.51. The summed E-state index contributed by atoms with van der Waals surface area (Å²) in [5.74, 6) is -1.58. The number of rotatable bonds is 4. The SMILES string of the molecule is O=C(O)COc1cccc(N2C(=O)C3CCC(O3)C2=O)c1. The number of anilines is 1. The molecule has 2 fully saturated rings. The van der Waals surface area contributed by atoms with E-state index >= 15 is 0 Å². The van der Waals surface area contributed by atoms with Crippen LogP contribution in [-0.4, -0.2) is 41.7 Å². The van der Waals surface area contributed by atoms with Gasteiger partial charge in [-0.15, -0.1) is 0 Å². The topological polar surface area (TPSA) is 93.1 Å². The van der Waals surface area contributed by atoms with Crippen molar-refractivity contribution in [2.24, 2.45) is 0 Å². The maximum Gasteiger partial charge on any atom is 0.341 e. The Morgan fingerprint density at radius 2 is 1.95 bits per heavy atom. The van der Waals surface area contributed by atoms with Crippen LogP contribution in [0.25, 0.3) is 0 Å². The Balaban J connectivity index is 1.85. The van der Waals surface area contributed by atoms with Crippen molar-refractivity contribution in [3.05, 3.63) is 24.3 Å². The number of hydrogen-bond acceptors (Lipinski definition) is 5. The number of carboxylic acid groups (broad SMARTS) is 1. The fourth-order valence-electron chi connectivity index (χ4n) is 2.51. The Labute approximate surface area is 120 Å². The molecule has 7 heteroatoms. The average molecular weight is 291 g/mol. The molecule has 2 saturated heterocycles. The van der Waals surface area contributed by atoms with Crippen LogP contribution in [0.2, 0.25) is 0 Å². The molecule has 0 aliphatic carbocycles. The van der Waals surface area contributed by atoms with Crippen LogP contribution >= 0.6 is 0 Å². The molecule has 1 aromatic rings. The molecule has 2 unspecified atom stereocenters. The first-order chi connectivity index (χ1) is 10.1. The number of morpholine rings is 1. The number of amides is 2. The normalized spacial score (nSPS) is 24.3. The Hall–Kier alpha value is -2.41. The zero-order valence-electron chi connectivity index (χ0n) is 11.0. The maximum atomic E-state index is 12.2. The largest absolute Gasteiger partial charge is 0.482 e. The maximum absolute atomic E-state index is 12.2. The van der Waals surface area contributed by atoms with E-state index in [1.165, 1.54) is 6.07 Å². The van der Waals surface area contributed by atoms with Crippen molar-refractivity contribution in [1.29, 1.82) is 0 Å². The van der Waals surface area contributed by atoms with Gasteiger partial charge in [0.1, 0.15) is 18.0 Å². The average Bonchev–Trinajstić information content (AvgIpc) is 2.91. The van der Waals surface area contributed by atoms with Gasteiger partial charge in [0.15, 0.2) is 6.61 Å². The number of benzene rings is 1. The molecule has 0 saturated carbocycles. The number of fused-ring (bicyclic) bond motifs is 2. The summed E-state index contributed by atoms with van der Waals surface area (Å²) >= 11 is 0. The van der Waals surface area contributed by atoms with Crippen LogP contribution in [0.4, 0.5) is 5.69 Å². The summed E-state index contributed by atoms with van der Waals surface area (Å²) < 4.78 is 10.4. The van der Waals surface area contributed by atoms with E-state index in [2.05, 4.69) is 0 Å². The van der Waals surface area contributed by atoms with Crippen LogP contribution in [-0.2, 0) is 19.1 Å². The van der Waals surface area contributed by atoms with Gasteiger partial charge in [-0.3, -0.25) is 9.59 Å². The third kappa shape index (κ3) is 2.47. The van der Waals surface area contributed by atoms with Crippen LogP contribution in [0.3, 0.4) is 0 Å². The molecular formula is C14H13NO6. The van der Waals surface area contributed by atoms with Crippen molar-refractivity contribution in [3.63, 3.8) is 0 Å². The van der Waals surface area contributed by atoms with Crippen molar-refractivity contribution in [1.82, 2.24) is 0 Å². The van der Waals surface area contributed by atoms with Crippen molar-refractivity contribution < 1.29 is 29.0 Å². The van der Waals surface area contributed by atoms with Gasteiger partial charge < -0.3 is 14.6 Å². The van der Waals surface area contributed by atoms with E-state index in [9.17, 15) is 14.4 Å². The number of imide groups is 1. The number of hydrogen-bond donors (Lipinski definition) is 1. The van der Waals surface area contributed by atoms with Crippen LogP contribution in [0.5, 0.6) is 5.75 Å². The number of aliphatic carboxylic acids is 1. The van der Waals surface area contributed by atoms with E-state index in [1.807, 2.05) is 0 Å². The van der Waals surface area contributed by atoms with Gasteiger partial charge in [0.25, 0.3) is 11.8 Å². The molecule has 0 radical (unpaired) electrons. The van der Waals surface area contributed by atoms with Crippen molar-refractivity contribution >= 4 is 23.5 Å². The highest BCUT2D eigenvalue weighted by molar-refractivity contribution is 6.19. The fraction of sp³-hybridized carbons (Fsp3) is 0.357.